The van der Waals surface area contributed by atoms with E-state index in [9.17, 15) is 23.1 Å². The minimum Gasteiger partial charge on any atom is -0.442 e. The summed E-state index contributed by atoms with van der Waals surface area (Å²) in [6, 6.07) is 18.1. The van der Waals surface area contributed by atoms with E-state index in [-0.39, 0.29) is 31.2 Å². The number of carbonyl (C=O) groups excluding carboxylic acids is 1. The van der Waals surface area contributed by atoms with Crippen molar-refractivity contribution in [1.82, 2.24) is 0 Å². The lowest BCUT2D eigenvalue weighted by Gasteiger charge is -2.35. The number of aliphatic hydroxyl groups excluding tert-OH is 1. The van der Waals surface area contributed by atoms with Crippen LogP contribution < -0.4 is 5.73 Å². The van der Waals surface area contributed by atoms with Crippen molar-refractivity contribution >= 4 is 23.0 Å². The molecule has 0 bridgehead atoms. The van der Waals surface area contributed by atoms with Gasteiger partial charge in [0.05, 0.1) is 19.3 Å². The number of alkyl halides is 3. The van der Waals surface area contributed by atoms with Gasteiger partial charge in [0.2, 0.25) is 0 Å². The summed E-state index contributed by atoms with van der Waals surface area (Å²) in [5.74, 6) is 0. The van der Waals surface area contributed by atoms with Gasteiger partial charge in [-0.2, -0.15) is 18.2 Å². The van der Waals surface area contributed by atoms with Gasteiger partial charge in [-0.05, 0) is 44.7 Å². The van der Waals surface area contributed by atoms with Gasteiger partial charge in [-0.3, -0.25) is 0 Å². The first-order chi connectivity index (χ1) is 18.8. The van der Waals surface area contributed by atoms with E-state index >= 15 is 0 Å². The van der Waals surface area contributed by atoms with Crippen LogP contribution in [0, 0.1) is 0 Å². The summed E-state index contributed by atoms with van der Waals surface area (Å²) in [7, 11) is 0. The van der Waals surface area contributed by atoms with Crippen LogP contribution in [-0.4, -0.2) is 58.0 Å². The monoisotopic (exact) mass is 584 g/mol. The second-order valence-corrected chi connectivity index (χ2v) is 11.4. The molecule has 220 valence electrons. The van der Waals surface area contributed by atoms with Gasteiger partial charge in [-0.25, -0.2) is 4.79 Å². The maximum Gasteiger partial charge on any atom is 0.436 e. The van der Waals surface area contributed by atoms with E-state index in [0.29, 0.717) is 0 Å². The fourth-order valence-corrected chi connectivity index (χ4v) is 4.82. The Labute approximate surface area is 236 Å². The van der Waals surface area contributed by atoms with Gasteiger partial charge in [0.1, 0.15) is 23.2 Å². The predicted molar refractivity (Wildman–Crippen MR) is 145 cm³/mol. The van der Waals surface area contributed by atoms with Crippen LogP contribution in [0.3, 0.4) is 0 Å². The van der Waals surface area contributed by atoms with Crippen molar-refractivity contribution in [2.75, 3.05) is 0 Å². The molecular weight excluding hydrogens is 549 g/mol. The highest BCUT2D eigenvalue weighted by Gasteiger charge is 2.51. The summed E-state index contributed by atoms with van der Waals surface area (Å²) in [6.07, 6.45) is -12.4. The molecule has 0 spiro atoms. The lowest BCUT2D eigenvalue weighted by molar-refractivity contribution is -0.261. The molecule has 0 saturated carbocycles. The van der Waals surface area contributed by atoms with E-state index in [0.717, 1.165) is 22.9 Å². The fourth-order valence-electron chi connectivity index (χ4n) is 3.98. The molecule has 1 aliphatic rings. The number of thioether (sulfide) groups is 1. The normalized spacial score (nSPS) is 23.3. The van der Waals surface area contributed by atoms with Gasteiger partial charge in [-0.1, -0.05) is 72.4 Å². The quantitative estimate of drug-likeness (QED) is 0.306. The molecule has 2 aromatic carbocycles. The number of aliphatic imine (C=N–C) groups is 1. The molecule has 8 nitrogen and oxygen atoms in total. The summed E-state index contributed by atoms with van der Waals surface area (Å²) in [5, 5.41) is 10.2. The van der Waals surface area contributed by atoms with Crippen molar-refractivity contribution in [2.45, 2.75) is 88.5 Å². The molecule has 12 heteroatoms. The molecular formula is C28H35F3N2O6S. The minimum absolute atomic E-state index is 0.0266. The van der Waals surface area contributed by atoms with Crippen LogP contribution in [0.2, 0.25) is 0 Å². The van der Waals surface area contributed by atoms with Crippen LogP contribution in [0.4, 0.5) is 18.0 Å². The number of nitrogens with zero attached hydrogens (tertiary/aromatic N) is 1. The molecule has 3 rings (SSSR count). The highest BCUT2D eigenvalue weighted by molar-refractivity contribution is 8.14. The summed E-state index contributed by atoms with van der Waals surface area (Å²) in [5.41, 5.74) is 5.67. The van der Waals surface area contributed by atoms with Crippen molar-refractivity contribution in [2.24, 2.45) is 10.7 Å². The molecule has 0 aromatic heterocycles. The first kappa shape index (κ1) is 31.9. The van der Waals surface area contributed by atoms with Crippen molar-refractivity contribution in [3.63, 3.8) is 0 Å². The average Bonchev–Trinajstić information content (AvgIpc) is 3.04. The molecule has 5 unspecified atom stereocenters. The standard InChI is InChI=1S/C28H35F3N2O6S/c1-27(2,3)39-26(35)33-25(32)40-21-15-14-20(36-16-18-10-6-4-7-11-18)22(23(38-21)24(34)28(29,30)31)37-17-19-12-8-5-9-13-19/h4-13,20-24,34H,14-17H2,1-3H3,(H2,32,33,35). The van der Waals surface area contributed by atoms with Crippen LogP contribution in [0.15, 0.2) is 65.7 Å². The molecule has 3 N–H and O–H groups in total. The lowest BCUT2D eigenvalue weighted by atomic mass is 10.00. The Morgan fingerprint density at radius 3 is 2.10 bits per heavy atom. The third-order valence-electron chi connectivity index (χ3n) is 5.77. The number of rotatable bonds is 8. The second-order valence-electron chi connectivity index (χ2n) is 10.2. The Kier molecular flexibility index (Phi) is 11.4. The number of ether oxygens (including phenoxy) is 4. The molecule has 40 heavy (non-hydrogen) atoms. The number of nitrogens with two attached hydrogens (primary N) is 1. The molecule has 1 amide bonds. The van der Waals surface area contributed by atoms with E-state index in [2.05, 4.69) is 4.99 Å². The van der Waals surface area contributed by atoms with Crippen LogP contribution >= 0.6 is 11.8 Å². The van der Waals surface area contributed by atoms with E-state index < -0.39 is 47.7 Å². The van der Waals surface area contributed by atoms with Gasteiger partial charge in [0, 0.05) is 0 Å². The highest BCUT2D eigenvalue weighted by Crippen LogP contribution is 2.36. The number of hydrogen-bond donors (Lipinski definition) is 2. The van der Waals surface area contributed by atoms with E-state index in [4.69, 9.17) is 24.7 Å². The molecule has 1 aliphatic heterocycles. The van der Waals surface area contributed by atoms with Crippen LogP contribution in [0.1, 0.15) is 44.7 Å². The third-order valence-corrected chi connectivity index (χ3v) is 6.71. The topological polar surface area (TPSA) is 113 Å². The third kappa shape index (κ3) is 10.4. The summed E-state index contributed by atoms with van der Waals surface area (Å²) in [4.78, 5) is 15.7. The van der Waals surface area contributed by atoms with Crippen molar-refractivity contribution in [3.8, 4) is 0 Å². The number of aliphatic hydroxyl groups is 1. The average molecular weight is 585 g/mol. The molecule has 1 heterocycles. The minimum atomic E-state index is -5.00. The number of halogens is 3. The zero-order valence-electron chi connectivity index (χ0n) is 22.5. The number of hydrogen-bond acceptors (Lipinski definition) is 7. The van der Waals surface area contributed by atoms with Crippen molar-refractivity contribution < 1.29 is 42.0 Å². The van der Waals surface area contributed by atoms with Crippen molar-refractivity contribution in [1.29, 1.82) is 0 Å². The number of carbonyl (C=O) groups is 1. The maximum absolute atomic E-state index is 13.9. The summed E-state index contributed by atoms with van der Waals surface area (Å²) in [6.45, 7) is 5.07. The van der Waals surface area contributed by atoms with E-state index in [1.165, 1.54) is 0 Å². The Hall–Kier alpha value is -2.64. The fraction of sp³-hybridized carbons (Fsp3) is 0.500. The Morgan fingerprint density at radius 1 is 1.02 bits per heavy atom. The van der Waals surface area contributed by atoms with E-state index in [1.54, 1.807) is 45.0 Å². The number of amidine groups is 1. The van der Waals surface area contributed by atoms with Crippen molar-refractivity contribution in [3.05, 3.63) is 71.8 Å². The van der Waals surface area contributed by atoms with Crippen LogP contribution in [0.25, 0.3) is 0 Å². The highest BCUT2D eigenvalue weighted by atomic mass is 32.2. The lowest BCUT2D eigenvalue weighted by Crippen LogP contribution is -2.52. The maximum atomic E-state index is 13.9. The van der Waals surface area contributed by atoms with Gasteiger partial charge in [0.25, 0.3) is 0 Å². The predicted octanol–water partition coefficient (Wildman–Crippen LogP) is 5.57. The molecule has 2 aromatic rings. The Morgan fingerprint density at radius 2 is 1.57 bits per heavy atom. The van der Waals surface area contributed by atoms with Gasteiger partial charge >= 0.3 is 12.3 Å². The molecule has 5 atom stereocenters. The Bertz CT molecular complexity index is 1100. The summed E-state index contributed by atoms with van der Waals surface area (Å²) < 4.78 is 64.6. The largest absolute Gasteiger partial charge is 0.442 e. The number of amides is 1. The Balaban J connectivity index is 1.86. The van der Waals surface area contributed by atoms with Gasteiger partial charge < -0.3 is 29.8 Å². The molecule has 0 radical (unpaired) electrons. The van der Waals surface area contributed by atoms with Gasteiger partial charge in [-0.15, -0.1) is 0 Å². The zero-order valence-corrected chi connectivity index (χ0v) is 23.4. The second kappa shape index (κ2) is 14.3. The number of benzene rings is 2. The van der Waals surface area contributed by atoms with Crippen LogP contribution in [0.5, 0.6) is 0 Å². The molecule has 1 saturated heterocycles. The van der Waals surface area contributed by atoms with Crippen LogP contribution in [-0.2, 0) is 32.2 Å². The first-order valence-corrected chi connectivity index (χ1v) is 13.6. The SMILES string of the molecule is CC(C)(C)OC(=O)N=C(N)SC1CCC(OCc2ccccc2)C(OCc2ccccc2)C(C(O)C(F)(F)F)O1. The smallest absolute Gasteiger partial charge is 0.436 e. The molecule has 0 aliphatic carbocycles. The zero-order chi connectivity index (χ0) is 29.3. The van der Waals surface area contributed by atoms with Gasteiger partial charge in [0.15, 0.2) is 11.3 Å². The first-order valence-electron chi connectivity index (χ1n) is 12.8. The van der Waals surface area contributed by atoms with E-state index in [1.807, 2.05) is 36.4 Å². The summed E-state index contributed by atoms with van der Waals surface area (Å²) >= 11 is 0.768. The molecule has 1 fully saturated rings.